The van der Waals surface area contributed by atoms with Crippen LogP contribution in [0.5, 0.6) is 0 Å². The molecular formula is C27H24ClN3O5S2. The van der Waals surface area contributed by atoms with Gasteiger partial charge in [-0.15, -0.1) is 0 Å². The molecule has 38 heavy (non-hydrogen) atoms. The highest BCUT2D eigenvalue weighted by Gasteiger charge is 2.20. The fourth-order valence-corrected chi connectivity index (χ4v) is 6.16. The van der Waals surface area contributed by atoms with E-state index in [1.165, 1.54) is 36.4 Å². The number of aryl methyl sites for hydroxylation is 2. The van der Waals surface area contributed by atoms with E-state index in [0.29, 0.717) is 27.6 Å². The van der Waals surface area contributed by atoms with E-state index in [-0.39, 0.29) is 15.4 Å². The quantitative estimate of drug-likeness (QED) is 0.247. The molecular weight excluding hydrogens is 546 g/mol. The molecule has 0 bridgehead atoms. The van der Waals surface area contributed by atoms with Gasteiger partial charge in [-0.05, 0) is 91.7 Å². The summed E-state index contributed by atoms with van der Waals surface area (Å²) in [6.07, 6.45) is 0. The molecule has 196 valence electrons. The number of hydrogen-bond acceptors (Lipinski definition) is 5. The van der Waals surface area contributed by atoms with Gasteiger partial charge in [-0.2, -0.15) is 0 Å². The highest BCUT2D eigenvalue weighted by Crippen LogP contribution is 2.24. The van der Waals surface area contributed by atoms with Gasteiger partial charge in [0.15, 0.2) is 0 Å². The van der Waals surface area contributed by atoms with Crippen LogP contribution in [-0.4, -0.2) is 22.7 Å². The second kappa shape index (κ2) is 10.9. The van der Waals surface area contributed by atoms with Gasteiger partial charge in [0, 0.05) is 22.0 Å². The van der Waals surface area contributed by atoms with Crippen LogP contribution in [0.1, 0.15) is 21.5 Å². The fraction of sp³-hybridized carbons (Fsp3) is 0.0741. The van der Waals surface area contributed by atoms with Crippen molar-refractivity contribution in [1.82, 2.24) is 0 Å². The number of hydrogen-bond donors (Lipinski definition) is 3. The first-order chi connectivity index (χ1) is 17.9. The number of rotatable bonds is 8. The molecule has 0 aromatic heterocycles. The van der Waals surface area contributed by atoms with E-state index in [2.05, 4.69) is 14.8 Å². The normalized spacial score (nSPS) is 11.6. The molecule has 3 N–H and O–H groups in total. The van der Waals surface area contributed by atoms with Gasteiger partial charge in [-0.25, -0.2) is 16.8 Å². The van der Waals surface area contributed by atoms with Crippen molar-refractivity contribution in [2.75, 3.05) is 14.8 Å². The summed E-state index contributed by atoms with van der Waals surface area (Å²) >= 11 is 5.84. The van der Waals surface area contributed by atoms with Crippen LogP contribution in [0.3, 0.4) is 0 Å². The maximum atomic E-state index is 13.1. The maximum Gasteiger partial charge on any atom is 0.262 e. The monoisotopic (exact) mass is 569 g/mol. The standard InChI is InChI=1S/C27H24ClN3O5S2/c1-18-5-3-4-6-25(18)31-38(35,36)26-17-20(8-7-19(26)2)27(32)29-22-13-15-24(16-14-22)37(33,34)30-23-11-9-21(28)10-12-23/h3-17,30-31H,1-2H3,(H,29,32). The molecule has 0 aliphatic rings. The first-order valence-electron chi connectivity index (χ1n) is 11.3. The van der Waals surface area contributed by atoms with Crippen molar-refractivity contribution in [3.05, 3.63) is 113 Å². The van der Waals surface area contributed by atoms with Gasteiger partial charge in [0.25, 0.3) is 26.0 Å². The van der Waals surface area contributed by atoms with Gasteiger partial charge in [0.2, 0.25) is 0 Å². The summed E-state index contributed by atoms with van der Waals surface area (Å²) in [6.45, 7) is 3.43. The van der Waals surface area contributed by atoms with Crippen LogP contribution in [-0.2, 0) is 20.0 Å². The first-order valence-corrected chi connectivity index (χ1v) is 14.7. The molecule has 0 radical (unpaired) electrons. The lowest BCUT2D eigenvalue weighted by Crippen LogP contribution is -2.17. The number of benzene rings is 4. The predicted octanol–water partition coefficient (Wildman–Crippen LogP) is 5.81. The number of para-hydroxylation sites is 1. The number of nitrogens with one attached hydrogen (secondary N) is 3. The topological polar surface area (TPSA) is 121 Å². The predicted molar refractivity (Wildman–Crippen MR) is 150 cm³/mol. The summed E-state index contributed by atoms with van der Waals surface area (Å²) < 4.78 is 56.5. The fourth-order valence-electron chi connectivity index (χ4n) is 3.57. The van der Waals surface area contributed by atoms with Gasteiger partial charge in [0.05, 0.1) is 15.5 Å². The van der Waals surface area contributed by atoms with E-state index in [0.717, 1.165) is 5.56 Å². The lowest BCUT2D eigenvalue weighted by molar-refractivity contribution is 0.102. The van der Waals surface area contributed by atoms with Crippen LogP contribution in [0.2, 0.25) is 5.02 Å². The zero-order valence-corrected chi connectivity index (χ0v) is 22.8. The van der Waals surface area contributed by atoms with Crippen molar-refractivity contribution >= 4 is 54.6 Å². The van der Waals surface area contributed by atoms with Crippen molar-refractivity contribution in [1.29, 1.82) is 0 Å². The van der Waals surface area contributed by atoms with Gasteiger partial charge in [0.1, 0.15) is 0 Å². The summed E-state index contributed by atoms with van der Waals surface area (Å²) in [6, 6.07) is 23.2. The SMILES string of the molecule is Cc1ccccc1NS(=O)(=O)c1cc(C(=O)Nc2ccc(S(=O)(=O)Nc3ccc(Cl)cc3)cc2)ccc1C. The summed E-state index contributed by atoms with van der Waals surface area (Å²) in [5.41, 5.74) is 2.50. The van der Waals surface area contributed by atoms with E-state index in [1.54, 1.807) is 62.4 Å². The largest absolute Gasteiger partial charge is 0.322 e. The lowest BCUT2D eigenvalue weighted by atomic mass is 10.1. The third-order valence-corrected chi connectivity index (χ3v) is 8.80. The molecule has 0 saturated carbocycles. The molecule has 11 heteroatoms. The Morgan fingerprint density at radius 2 is 1.32 bits per heavy atom. The smallest absolute Gasteiger partial charge is 0.262 e. The molecule has 0 aliphatic heterocycles. The van der Waals surface area contributed by atoms with Gasteiger partial charge >= 0.3 is 0 Å². The molecule has 8 nitrogen and oxygen atoms in total. The number of sulfonamides is 2. The van der Waals surface area contributed by atoms with Gasteiger partial charge in [-0.3, -0.25) is 14.2 Å². The Labute approximate surface area is 226 Å². The van der Waals surface area contributed by atoms with E-state index < -0.39 is 26.0 Å². The van der Waals surface area contributed by atoms with Crippen molar-refractivity contribution in [3.8, 4) is 0 Å². The minimum Gasteiger partial charge on any atom is -0.322 e. The van der Waals surface area contributed by atoms with Crippen LogP contribution in [0.25, 0.3) is 0 Å². The van der Waals surface area contributed by atoms with Crippen molar-refractivity contribution in [2.24, 2.45) is 0 Å². The van der Waals surface area contributed by atoms with Crippen LogP contribution in [0, 0.1) is 13.8 Å². The van der Waals surface area contributed by atoms with Crippen molar-refractivity contribution in [2.45, 2.75) is 23.6 Å². The summed E-state index contributed by atoms with van der Waals surface area (Å²) in [7, 11) is -7.82. The van der Waals surface area contributed by atoms with E-state index in [9.17, 15) is 21.6 Å². The number of carbonyl (C=O) groups is 1. The Balaban J connectivity index is 1.50. The summed E-state index contributed by atoms with van der Waals surface area (Å²) in [4.78, 5) is 12.9. The summed E-state index contributed by atoms with van der Waals surface area (Å²) in [5, 5.41) is 3.15. The number of amides is 1. The lowest BCUT2D eigenvalue weighted by Gasteiger charge is -2.14. The molecule has 0 fully saturated rings. The molecule has 0 saturated heterocycles. The Bertz CT molecular complexity index is 1700. The second-order valence-electron chi connectivity index (χ2n) is 8.49. The van der Waals surface area contributed by atoms with Gasteiger partial charge in [-0.1, -0.05) is 35.9 Å². The van der Waals surface area contributed by atoms with Crippen LogP contribution >= 0.6 is 11.6 Å². The van der Waals surface area contributed by atoms with Crippen LogP contribution in [0.4, 0.5) is 17.1 Å². The molecule has 4 aromatic carbocycles. The highest BCUT2D eigenvalue weighted by atomic mass is 35.5. The Hall–Kier alpha value is -3.86. The minimum absolute atomic E-state index is 0.00329. The van der Waals surface area contributed by atoms with Crippen LogP contribution in [0.15, 0.2) is 101 Å². The molecule has 4 rings (SSSR count). The van der Waals surface area contributed by atoms with Crippen LogP contribution < -0.4 is 14.8 Å². The number of carbonyl (C=O) groups excluding carboxylic acids is 1. The molecule has 0 atom stereocenters. The average Bonchev–Trinajstić information content (AvgIpc) is 2.87. The Kier molecular flexibility index (Phi) is 7.77. The van der Waals surface area contributed by atoms with Gasteiger partial charge < -0.3 is 5.32 Å². The van der Waals surface area contributed by atoms with Crippen molar-refractivity contribution < 1.29 is 21.6 Å². The second-order valence-corrected chi connectivity index (χ2v) is 12.3. The molecule has 0 aliphatic carbocycles. The highest BCUT2D eigenvalue weighted by molar-refractivity contribution is 7.93. The molecule has 4 aromatic rings. The Morgan fingerprint density at radius 3 is 1.97 bits per heavy atom. The van der Waals surface area contributed by atoms with Crippen molar-refractivity contribution in [3.63, 3.8) is 0 Å². The number of halogens is 1. The molecule has 0 spiro atoms. The van der Waals surface area contributed by atoms with E-state index >= 15 is 0 Å². The maximum absolute atomic E-state index is 13.1. The minimum atomic E-state index is -3.96. The zero-order chi connectivity index (χ0) is 27.5. The molecule has 0 unspecified atom stereocenters. The first kappa shape index (κ1) is 27.2. The van der Waals surface area contributed by atoms with E-state index in [1.807, 2.05) is 6.07 Å². The third kappa shape index (κ3) is 6.34. The third-order valence-electron chi connectivity index (χ3n) is 5.65. The molecule has 0 heterocycles. The number of anilines is 3. The molecule has 1 amide bonds. The summed E-state index contributed by atoms with van der Waals surface area (Å²) in [5.74, 6) is -0.549. The van der Waals surface area contributed by atoms with E-state index in [4.69, 9.17) is 11.6 Å². The average molecular weight is 570 g/mol. The Morgan fingerprint density at radius 1 is 0.684 bits per heavy atom. The zero-order valence-electron chi connectivity index (χ0n) is 20.4.